The summed E-state index contributed by atoms with van der Waals surface area (Å²) in [5.74, 6) is -0.621. The topological polar surface area (TPSA) is 92.4 Å². The van der Waals surface area contributed by atoms with Crippen molar-refractivity contribution in [3.63, 3.8) is 0 Å². The lowest BCUT2D eigenvalue weighted by Crippen LogP contribution is -2.14. The third-order valence-electron chi connectivity index (χ3n) is 5.14. The number of pyridine rings is 1. The van der Waals surface area contributed by atoms with E-state index in [0.29, 0.717) is 28.1 Å². The third kappa shape index (κ3) is 4.05. The van der Waals surface area contributed by atoms with E-state index in [2.05, 4.69) is 10.3 Å². The second kappa shape index (κ2) is 8.07. The zero-order valence-corrected chi connectivity index (χ0v) is 17.5. The molecular weight excluding hydrogens is 392 g/mol. The predicted molar refractivity (Wildman–Crippen MR) is 121 cm³/mol. The molecule has 0 amide bonds. The molecule has 2 heterocycles. The first-order chi connectivity index (χ1) is 14.8. The molecule has 0 fully saturated rings. The predicted octanol–water partition coefficient (Wildman–Crippen LogP) is 5.34. The second-order valence-electron chi connectivity index (χ2n) is 7.59. The van der Waals surface area contributed by atoms with Gasteiger partial charge in [-0.2, -0.15) is 0 Å². The Bertz CT molecular complexity index is 1340. The number of anilines is 1. The summed E-state index contributed by atoms with van der Waals surface area (Å²) in [5, 5.41) is 13.2. The number of fused-ring (bicyclic) bond motifs is 1. The fourth-order valence-corrected chi connectivity index (χ4v) is 3.65. The third-order valence-corrected chi connectivity index (χ3v) is 5.14. The molecule has 2 N–H and O–H groups in total. The number of aromatic carboxylic acids is 1. The summed E-state index contributed by atoms with van der Waals surface area (Å²) in [6, 6.07) is 17.8. The van der Waals surface area contributed by atoms with Gasteiger partial charge in [0.15, 0.2) is 11.1 Å². The number of aromatic nitrogens is 1. The molecule has 0 aliphatic rings. The second-order valence-corrected chi connectivity index (χ2v) is 7.59. The van der Waals surface area contributed by atoms with E-state index in [9.17, 15) is 14.7 Å². The molecule has 31 heavy (non-hydrogen) atoms. The summed E-state index contributed by atoms with van der Waals surface area (Å²) in [4.78, 5) is 28.6. The Morgan fingerprint density at radius 1 is 1.06 bits per heavy atom. The number of nitrogens with zero attached hydrogens (tertiary/aromatic N) is 1. The maximum Gasteiger partial charge on any atom is 0.356 e. The smallest absolute Gasteiger partial charge is 0.356 e. The lowest BCUT2D eigenvalue weighted by Gasteiger charge is -2.19. The highest BCUT2D eigenvalue weighted by Crippen LogP contribution is 2.31. The van der Waals surface area contributed by atoms with Crippen LogP contribution in [0.2, 0.25) is 0 Å². The summed E-state index contributed by atoms with van der Waals surface area (Å²) >= 11 is 0. The zero-order valence-electron chi connectivity index (χ0n) is 17.5. The van der Waals surface area contributed by atoms with Gasteiger partial charge in [0.2, 0.25) is 0 Å². The first-order valence-corrected chi connectivity index (χ1v) is 9.95. The number of nitrogens with one attached hydrogen (secondary N) is 1. The molecule has 6 nitrogen and oxygen atoms in total. The van der Waals surface area contributed by atoms with E-state index in [4.69, 9.17) is 4.42 Å². The molecule has 6 heteroatoms. The van der Waals surface area contributed by atoms with E-state index in [-0.39, 0.29) is 17.2 Å². The highest BCUT2D eigenvalue weighted by molar-refractivity contribution is 5.92. The van der Waals surface area contributed by atoms with Crippen LogP contribution in [0, 0.1) is 13.8 Å². The van der Waals surface area contributed by atoms with Crippen LogP contribution in [0.4, 0.5) is 5.69 Å². The van der Waals surface area contributed by atoms with E-state index in [1.165, 1.54) is 6.07 Å². The van der Waals surface area contributed by atoms with Crippen LogP contribution in [0.1, 0.15) is 40.3 Å². The van der Waals surface area contributed by atoms with Crippen molar-refractivity contribution in [1.82, 2.24) is 4.98 Å². The fourth-order valence-electron chi connectivity index (χ4n) is 3.65. The van der Waals surface area contributed by atoms with Gasteiger partial charge >= 0.3 is 5.97 Å². The summed E-state index contributed by atoms with van der Waals surface area (Å²) in [7, 11) is 0. The van der Waals surface area contributed by atoms with Gasteiger partial charge < -0.3 is 14.8 Å². The van der Waals surface area contributed by atoms with Crippen molar-refractivity contribution < 1.29 is 14.3 Å². The van der Waals surface area contributed by atoms with E-state index in [1.54, 1.807) is 19.1 Å². The lowest BCUT2D eigenvalue weighted by atomic mass is 10.0. The molecule has 4 aromatic rings. The largest absolute Gasteiger partial charge is 0.476 e. The van der Waals surface area contributed by atoms with Crippen molar-refractivity contribution in [2.24, 2.45) is 0 Å². The van der Waals surface area contributed by atoms with Crippen molar-refractivity contribution in [3.8, 4) is 11.3 Å². The van der Waals surface area contributed by atoms with Crippen molar-refractivity contribution in [2.75, 3.05) is 5.32 Å². The maximum absolute atomic E-state index is 12.9. The minimum Gasteiger partial charge on any atom is -0.476 e. The first-order valence-electron chi connectivity index (χ1n) is 9.95. The van der Waals surface area contributed by atoms with Crippen LogP contribution < -0.4 is 10.7 Å². The number of carboxylic acids is 1. The molecule has 0 aliphatic heterocycles. The number of carbonyl (C=O) groups is 1. The van der Waals surface area contributed by atoms with Crippen molar-refractivity contribution in [1.29, 1.82) is 0 Å². The number of carboxylic acid groups (broad SMARTS) is 1. The molecule has 0 saturated heterocycles. The maximum atomic E-state index is 12.9. The molecule has 0 aliphatic carbocycles. The monoisotopic (exact) mass is 414 g/mol. The van der Waals surface area contributed by atoms with Crippen LogP contribution in [0.5, 0.6) is 0 Å². The molecule has 1 unspecified atom stereocenters. The zero-order chi connectivity index (χ0) is 22.1. The minimum atomic E-state index is -1.11. The SMILES string of the molecule is Cc1cc(C(C)Nc2ccc(C)nc2C(=O)O)c2oc(-c3ccccc3)cc(=O)c2c1. The van der Waals surface area contributed by atoms with E-state index < -0.39 is 5.97 Å². The highest BCUT2D eigenvalue weighted by Gasteiger charge is 2.19. The van der Waals surface area contributed by atoms with Gasteiger partial charge in [-0.1, -0.05) is 36.4 Å². The molecule has 0 spiro atoms. The Labute approximate surface area is 179 Å². The van der Waals surface area contributed by atoms with Crippen LogP contribution in [-0.2, 0) is 0 Å². The van der Waals surface area contributed by atoms with Crippen LogP contribution in [0.15, 0.2) is 69.9 Å². The van der Waals surface area contributed by atoms with Gasteiger partial charge in [-0.15, -0.1) is 0 Å². The van der Waals surface area contributed by atoms with Gasteiger partial charge in [0.25, 0.3) is 0 Å². The number of benzene rings is 2. The Balaban J connectivity index is 1.84. The average molecular weight is 414 g/mol. The molecule has 4 rings (SSSR count). The van der Waals surface area contributed by atoms with Crippen LogP contribution in [0.3, 0.4) is 0 Å². The van der Waals surface area contributed by atoms with E-state index >= 15 is 0 Å². The van der Waals surface area contributed by atoms with Gasteiger partial charge in [0.05, 0.1) is 17.1 Å². The van der Waals surface area contributed by atoms with Crippen LogP contribution in [0.25, 0.3) is 22.3 Å². The molecule has 156 valence electrons. The summed E-state index contributed by atoms with van der Waals surface area (Å²) in [5.41, 5.74) is 3.82. The Kier molecular flexibility index (Phi) is 5.29. The number of hydrogen-bond donors (Lipinski definition) is 2. The van der Waals surface area contributed by atoms with Gasteiger partial charge in [-0.25, -0.2) is 9.78 Å². The molecular formula is C25H22N2O4. The average Bonchev–Trinajstić information content (AvgIpc) is 2.75. The number of rotatable bonds is 5. The molecule has 2 aromatic carbocycles. The standard InChI is InChI=1S/C25H22N2O4/c1-14-11-18(16(3)27-20-10-9-15(2)26-23(20)25(29)30)24-19(12-14)21(28)13-22(31-24)17-7-5-4-6-8-17/h4-13,16,27H,1-3H3,(H,29,30). The van der Waals surface area contributed by atoms with Crippen molar-refractivity contribution >= 4 is 22.6 Å². The Hall–Kier alpha value is -3.93. The highest BCUT2D eigenvalue weighted by atomic mass is 16.4. The van der Waals surface area contributed by atoms with Crippen LogP contribution >= 0.6 is 0 Å². The summed E-state index contributed by atoms with van der Waals surface area (Å²) < 4.78 is 6.20. The number of hydrogen-bond acceptors (Lipinski definition) is 5. The van der Waals surface area contributed by atoms with Crippen LogP contribution in [-0.4, -0.2) is 16.1 Å². The van der Waals surface area contributed by atoms with Crippen molar-refractivity contribution in [3.05, 3.63) is 93.4 Å². The molecule has 2 aromatic heterocycles. The summed E-state index contributed by atoms with van der Waals surface area (Å²) in [6.45, 7) is 5.55. The van der Waals surface area contributed by atoms with Gasteiger partial charge in [-0.3, -0.25) is 4.79 Å². The molecule has 1 atom stereocenters. The van der Waals surface area contributed by atoms with Crippen molar-refractivity contribution in [2.45, 2.75) is 26.8 Å². The van der Waals surface area contributed by atoms with E-state index in [0.717, 1.165) is 16.7 Å². The number of aryl methyl sites for hydroxylation is 2. The fraction of sp³-hybridized carbons (Fsp3) is 0.160. The minimum absolute atomic E-state index is 0.0461. The van der Waals surface area contributed by atoms with Gasteiger partial charge in [0, 0.05) is 22.9 Å². The molecule has 0 bridgehead atoms. The Morgan fingerprint density at radius 3 is 2.52 bits per heavy atom. The van der Waals surface area contributed by atoms with Gasteiger partial charge in [0.1, 0.15) is 11.3 Å². The lowest BCUT2D eigenvalue weighted by molar-refractivity contribution is 0.0691. The summed E-state index contributed by atoms with van der Waals surface area (Å²) in [6.07, 6.45) is 0. The van der Waals surface area contributed by atoms with Gasteiger partial charge in [-0.05, 0) is 44.5 Å². The van der Waals surface area contributed by atoms with E-state index in [1.807, 2.05) is 56.3 Å². The molecule has 0 saturated carbocycles. The first kappa shape index (κ1) is 20.3. The molecule has 0 radical (unpaired) electrons. The Morgan fingerprint density at radius 2 is 1.81 bits per heavy atom. The normalized spacial score (nSPS) is 12.0. The quantitative estimate of drug-likeness (QED) is 0.458.